The normalized spacial score (nSPS) is 9.45. The van der Waals surface area contributed by atoms with Gasteiger partial charge in [0.25, 0.3) is 0 Å². The van der Waals surface area contributed by atoms with Gasteiger partial charge < -0.3 is 10.1 Å². The molecule has 0 saturated carbocycles. The lowest BCUT2D eigenvalue weighted by molar-refractivity contribution is -0.148. The van der Waals surface area contributed by atoms with E-state index in [1.807, 2.05) is 0 Å². The Bertz CT molecular complexity index is 263. The van der Waals surface area contributed by atoms with Crippen molar-refractivity contribution in [1.82, 2.24) is 4.98 Å². The van der Waals surface area contributed by atoms with E-state index in [-0.39, 0.29) is 6.42 Å². The highest BCUT2D eigenvalue weighted by molar-refractivity contribution is 6.33. The summed E-state index contributed by atoms with van der Waals surface area (Å²) in [6, 6.07) is 3.38. The van der Waals surface area contributed by atoms with Crippen LogP contribution in [0.1, 0.15) is 5.69 Å². The number of carbonyl (C=O) groups excluding carboxylic acids is 1. The molecule has 1 aromatic rings. The number of aliphatic carboxylic acids is 1. The Morgan fingerprint density at radius 3 is 2.73 bits per heavy atom. The molecule has 0 bridgehead atoms. The largest absolute Gasteiger partial charge is 0.475 e. The highest BCUT2D eigenvalue weighted by Gasteiger charge is 2.11. The maximum atomic E-state index is 10.6. The van der Waals surface area contributed by atoms with E-state index in [9.17, 15) is 9.59 Å². The molecule has 4 nitrogen and oxygen atoms in total. The summed E-state index contributed by atoms with van der Waals surface area (Å²) in [5, 5.41) is 8.22. The summed E-state index contributed by atoms with van der Waals surface area (Å²) in [6.07, 6.45) is 1.58. The van der Waals surface area contributed by atoms with Crippen molar-refractivity contribution < 1.29 is 14.7 Å². The van der Waals surface area contributed by atoms with Crippen LogP contribution >= 0.6 is 0 Å². The lowest BCUT2D eigenvalue weighted by Crippen LogP contribution is -2.15. The van der Waals surface area contributed by atoms with Crippen LogP contribution in [0.15, 0.2) is 18.3 Å². The summed E-state index contributed by atoms with van der Waals surface area (Å²) < 4.78 is 0. The first-order valence-electron chi connectivity index (χ1n) is 3.08. The standard InChI is InChI=1S/C7H7NO3/c9-6(7(10)11)4-5-2-1-3-8-5/h1-3,8H,4H2,(H,10,11). The summed E-state index contributed by atoms with van der Waals surface area (Å²) >= 11 is 0. The fraction of sp³-hybridized carbons (Fsp3) is 0.143. The van der Waals surface area contributed by atoms with Gasteiger partial charge in [0.05, 0.1) is 6.42 Å². The van der Waals surface area contributed by atoms with Gasteiger partial charge >= 0.3 is 5.97 Å². The van der Waals surface area contributed by atoms with Crippen LogP contribution in [0.2, 0.25) is 0 Å². The molecule has 1 aromatic heterocycles. The Morgan fingerprint density at radius 1 is 1.55 bits per heavy atom. The third-order valence-corrected chi connectivity index (χ3v) is 1.25. The SMILES string of the molecule is O=C(O)C(=O)Cc1ccc[nH]1. The number of Topliss-reactive ketones (excluding diaryl/α,β-unsaturated/α-hetero) is 1. The van der Waals surface area contributed by atoms with Crippen LogP contribution in [0, 0.1) is 0 Å². The Balaban J connectivity index is 2.57. The maximum Gasteiger partial charge on any atom is 0.372 e. The lowest BCUT2D eigenvalue weighted by Gasteiger charge is -1.90. The molecule has 0 unspecified atom stereocenters. The first-order chi connectivity index (χ1) is 5.20. The first kappa shape index (κ1) is 7.53. The Hall–Kier alpha value is -1.58. The quantitative estimate of drug-likeness (QED) is 0.610. The zero-order valence-corrected chi connectivity index (χ0v) is 5.70. The summed E-state index contributed by atoms with van der Waals surface area (Å²) in [5.74, 6) is -2.19. The maximum absolute atomic E-state index is 10.6. The van der Waals surface area contributed by atoms with Crippen molar-refractivity contribution in [2.75, 3.05) is 0 Å². The fourth-order valence-electron chi connectivity index (χ4n) is 0.726. The average molecular weight is 153 g/mol. The van der Waals surface area contributed by atoms with E-state index < -0.39 is 11.8 Å². The number of carboxylic acid groups (broad SMARTS) is 1. The second kappa shape index (κ2) is 3.01. The number of ketones is 1. The third kappa shape index (κ3) is 1.93. The van der Waals surface area contributed by atoms with Crippen LogP contribution in [-0.2, 0) is 16.0 Å². The third-order valence-electron chi connectivity index (χ3n) is 1.25. The van der Waals surface area contributed by atoms with Gasteiger partial charge in [-0.05, 0) is 12.1 Å². The first-order valence-corrected chi connectivity index (χ1v) is 3.08. The van der Waals surface area contributed by atoms with Crippen molar-refractivity contribution in [3.8, 4) is 0 Å². The number of nitrogens with one attached hydrogen (secondary N) is 1. The monoisotopic (exact) mass is 153 g/mol. The minimum absolute atomic E-state index is 0.0671. The van der Waals surface area contributed by atoms with Gasteiger partial charge in [-0.15, -0.1) is 0 Å². The van der Waals surface area contributed by atoms with Gasteiger partial charge in [0.15, 0.2) is 0 Å². The van der Waals surface area contributed by atoms with E-state index in [2.05, 4.69) is 4.98 Å². The van der Waals surface area contributed by atoms with Crippen LogP contribution in [0.25, 0.3) is 0 Å². The van der Waals surface area contributed by atoms with Gasteiger partial charge in [-0.25, -0.2) is 4.79 Å². The second-order valence-corrected chi connectivity index (χ2v) is 2.10. The molecule has 58 valence electrons. The van der Waals surface area contributed by atoms with Crippen LogP contribution in [0.5, 0.6) is 0 Å². The van der Waals surface area contributed by atoms with Gasteiger partial charge in [-0.1, -0.05) is 0 Å². The summed E-state index contributed by atoms with van der Waals surface area (Å²) in [4.78, 5) is 23.4. The van der Waals surface area contributed by atoms with Crippen molar-refractivity contribution in [1.29, 1.82) is 0 Å². The molecule has 0 aliphatic carbocycles. The number of H-pyrrole nitrogens is 1. The predicted molar refractivity (Wildman–Crippen MR) is 37.1 cm³/mol. The Kier molecular flexibility index (Phi) is 2.06. The zero-order chi connectivity index (χ0) is 8.27. The number of carbonyl (C=O) groups is 2. The van der Waals surface area contributed by atoms with E-state index in [0.717, 1.165) is 0 Å². The van der Waals surface area contributed by atoms with E-state index in [1.165, 1.54) is 0 Å². The van der Waals surface area contributed by atoms with Gasteiger partial charge in [-0.3, -0.25) is 4.79 Å². The molecule has 11 heavy (non-hydrogen) atoms. The highest BCUT2D eigenvalue weighted by atomic mass is 16.4. The lowest BCUT2D eigenvalue weighted by atomic mass is 10.2. The van der Waals surface area contributed by atoms with Crippen LogP contribution in [0.3, 0.4) is 0 Å². The van der Waals surface area contributed by atoms with Gasteiger partial charge in [0, 0.05) is 11.9 Å². The number of rotatable bonds is 3. The molecular formula is C7H7NO3. The molecule has 1 heterocycles. The van der Waals surface area contributed by atoms with Crippen molar-refractivity contribution in [2.24, 2.45) is 0 Å². The Morgan fingerprint density at radius 2 is 2.27 bits per heavy atom. The van der Waals surface area contributed by atoms with E-state index >= 15 is 0 Å². The minimum atomic E-state index is -1.39. The van der Waals surface area contributed by atoms with Crippen molar-refractivity contribution in [3.63, 3.8) is 0 Å². The number of aromatic nitrogens is 1. The molecule has 2 N–H and O–H groups in total. The summed E-state index contributed by atoms with van der Waals surface area (Å²) in [5.41, 5.74) is 0.623. The van der Waals surface area contributed by atoms with Gasteiger partial charge in [0.2, 0.25) is 5.78 Å². The summed E-state index contributed by atoms with van der Waals surface area (Å²) in [6.45, 7) is 0. The second-order valence-electron chi connectivity index (χ2n) is 2.10. The molecule has 0 radical (unpaired) electrons. The molecule has 0 amide bonds. The number of hydrogen-bond donors (Lipinski definition) is 2. The topological polar surface area (TPSA) is 70.2 Å². The minimum Gasteiger partial charge on any atom is -0.475 e. The molecule has 4 heteroatoms. The molecule has 0 fully saturated rings. The van der Waals surface area contributed by atoms with Crippen molar-refractivity contribution in [2.45, 2.75) is 6.42 Å². The van der Waals surface area contributed by atoms with E-state index in [4.69, 9.17) is 5.11 Å². The number of aromatic amines is 1. The molecule has 0 aliphatic rings. The van der Waals surface area contributed by atoms with Crippen LogP contribution in [-0.4, -0.2) is 21.8 Å². The molecular weight excluding hydrogens is 146 g/mol. The summed E-state index contributed by atoms with van der Waals surface area (Å²) in [7, 11) is 0. The van der Waals surface area contributed by atoms with Crippen LogP contribution in [0.4, 0.5) is 0 Å². The molecule has 0 atom stereocenters. The van der Waals surface area contributed by atoms with E-state index in [1.54, 1.807) is 18.3 Å². The number of carboxylic acids is 1. The van der Waals surface area contributed by atoms with Crippen molar-refractivity contribution >= 4 is 11.8 Å². The molecule has 0 aromatic carbocycles. The predicted octanol–water partition coefficient (Wildman–Crippen LogP) is 0.211. The number of hydrogen-bond acceptors (Lipinski definition) is 2. The average Bonchev–Trinajstić information content (AvgIpc) is 2.39. The highest BCUT2D eigenvalue weighted by Crippen LogP contribution is 1.95. The van der Waals surface area contributed by atoms with E-state index in [0.29, 0.717) is 5.69 Å². The van der Waals surface area contributed by atoms with Gasteiger partial charge in [0.1, 0.15) is 0 Å². The smallest absolute Gasteiger partial charge is 0.372 e. The fourth-order valence-corrected chi connectivity index (χ4v) is 0.726. The molecule has 0 saturated heterocycles. The zero-order valence-electron chi connectivity index (χ0n) is 5.70. The van der Waals surface area contributed by atoms with Crippen LogP contribution < -0.4 is 0 Å². The van der Waals surface area contributed by atoms with Crippen molar-refractivity contribution in [3.05, 3.63) is 24.0 Å². The molecule has 1 rings (SSSR count). The molecule has 0 spiro atoms. The van der Waals surface area contributed by atoms with Gasteiger partial charge in [-0.2, -0.15) is 0 Å². The molecule has 0 aliphatic heterocycles. The Labute approximate surface area is 62.9 Å².